The van der Waals surface area contributed by atoms with E-state index in [2.05, 4.69) is 29.7 Å². The van der Waals surface area contributed by atoms with Gasteiger partial charge in [0.2, 0.25) is 0 Å². The molecule has 0 spiro atoms. The molecule has 1 fully saturated rings. The standard InChI is InChI=1S/3CH3.3Bi.3S/h3*1H3;;;;;;. The van der Waals surface area contributed by atoms with E-state index in [-0.39, 0.29) is 0 Å². The second-order valence-electron chi connectivity index (χ2n) is 1.56. The van der Waals surface area contributed by atoms with E-state index in [1.165, 1.54) is 0 Å². The van der Waals surface area contributed by atoms with Gasteiger partial charge < -0.3 is 0 Å². The van der Waals surface area contributed by atoms with Crippen molar-refractivity contribution in [3.8, 4) is 0 Å². The van der Waals surface area contributed by atoms with Crippen molar-refractivity contribution in [3.05, 3.63) is 0 Å². The van der Waals surface area contributed by atoms with Crippen molar-refractivity contribution in [1.29, 1.82) is 0 Å². The van der Waals surface area contributed by atoms with E-state index in [1.807, 2.05) is 0 Å². The summed E-state index contributed by atoms with van der Waals surface area (Å²) in [5.41, 5.74) is 0. The topological polar surface area (TPSA) is 0 Å². The molecule has 1 heterocycles. The maximum absolute atomic E-state index is 2.60. The second kappa shape index (κ2) is 5.43. The Morgan fingerprint density at radius 1 is 0.667 bits per heavy atom. The van der Waals surface area contributed by atoms with E-state index in [9.17, 15) is 0 Å². The molecule has 0 saturated carbocycles. The minimum atomic E-state index is -0.777. The van der Waals surface area contributed by atoms with Gasteiger partial charge in [-0.2, -0.15) is 0 Å². The minimum absolute atomic E-state index is 0.777. The van der Waals surface area contributed by atoms with E-state index >= 15 is 0 Å². The van der Waals surface area contributed by atoms with Crippen LogP contribution in [-0.4, -0.2) is 56.5 Å². The van der Waals surface area contributed by atoms with Gasteiger partial charge >= 0.3 is 86.2 Å². The molecule has 0 aromatic heterocycles. The average Bonchev–Trinajstić information content (AvgIpc) is 1.59. The normalized spacial score (nSPS) is 27.0. The molecule has 0 amide bonds. The molecular weight excluding hydrogens is 759 g/mol. The first-order valence-electron chi connectivity index (χ1n) is 2.44. The zero-order valence-electron chi connectivity index (χ0n) is 5.57. The van der Waals surface area contributed by atoms with E-state index < -0.39 is 56.5 Å². The van der Waals surface area contributed by atoms with Gasteiger partial charge in [-0.05, 0) is 0 Å². The molecule has 54 valence electrons. The quantitative estimate of drug-likeness (QED) is 0.349. The van der Waals surface area contributed by atoms with Crippen LogP contribution in [-0.2, 0) is 0 Å². The summed E-state index contributed by atoms with van der Waals surface area (Å²) in [6, 6.07) is 0. The van der Waals surface area contributed by atoms with Crippen LogP contribution in [0.4, 0.5) is 0 Å². The third kappa shape index (κ3) is 4.47. The summed E-state index contributed by atoms with van der Waals surface area (Å²) in [6.45, 7) is 0. The number of hydrogen-bond acceptors (Lipinski definition) is 3. The van der Waals surface area contributed by atoms with Gasteiger partial charge in [0.05, 0.1) is 0 Å². The summed E-state index contributed by atoms with van der Waals surface area (Å²) in [4.78, 5) is 0. The summed E-state index contributed by atoms with van der Waals surface area (Å²) in [7, 11) is 0. The van der Waals surface area contributed by atoms with Gasteiger partial charge in [-0.1, -0.05) is 0 Å². The zero-order valence-corrected chi connectivity index (χ0v) is 18.4. The van der Waals surface area contributed by atoms with Crippen molar-refractivity contribution in [2.45, 2.75) is 13.9 Å². The molecule has 0 aromatic carbocycles. The molecule has 0 nitrogen and oxygen atoms in total. The van der Waals surface area contributed by atoms with Crippen LogP contribution < -0.4 is 0 Å². The third-order valence-corrected chi connectivity index (χ3v) is 252. The van der Waals surface area contributed by atoms with Crippen LogP contribution in [0, 0.1) is 0 Å². The SMILES string of the molecule is [CH3][Bi]1[S][Bi]([CH3])[S][Bi]([CH3])[S]1. The second-order valence-corrected chi connectivity index (χ2v) is 103. The van der Waals surface area contributed by atoms with Gasteiger partial charge in [-0.25, -0.2) is 0 Å². The van der Waals surface area contributed by atoms with Crippen LogP contribution in [0.3, 0.4) is 0 Å². The molecular formula is C3H9Bi3S3. The third-order valence-electron chi connectivity index (χ3n) is 0.690. The molecule has 6 heteroatoms. The van der Waals surface area contributed by atoms with Gasteiger partial charge in [0.1, 0.15) is 0 Å². The van der Waals surface area contributed by atoms with Gasteiger partial charge in [0, 0.05) is 0 Å². The monoisotopic (exact) mass is 768 g/mol. The summed E-state index contributed by atoms with van der Waals surface area (Å²) in [6.07, 6.45) is 0. The van der Waals surface area contributed by atoms with Crippen LogP contribution >= 0.6 is 15.8 Å². The predicted octanol–water partition coefficient (Wildman–Crippen LogP) is 2.55. The van der Waals surface area contributed by atoms with Crippen LogP contribution in [0.5, 0.6) is 0 Å². The van der Waals surface area contributed by atoms with Crippen molar-refractivity contribution in [3.63, 3.8) is 0 Å². The van der Waals surface area contributed by atoms with E-state index in [4.69, 9.17) is 0 Å². The molecule has 1 rings (SSSR count). The molecule has 0 aromatic rings. The summed E-state index contributed by atoms with van der Waals surface area (Å²) in [5, 5.41) is 7.59. The van der Waals surface area contributed by atoms with Crippen molar-refractivity contribution in [2.24, 2.45) is 0 Å². The van der Waals surface area contributed by atoms with E-state index in [0.29, 0.717) is 0 Å². The molecule has 1 aliphatic heterocycles. The van der Waals surface area contributed by atoms with Crippen LogP contribution in [0.2, 0.25) is 13.9 Å². The first-order valence-corrected chi connectivity index (χ1v) is 40.6. The summed E-state index contributed by atoms with van der Waals surface area (Å²) in [5.74, 6) is 0. The first kappa shape index (κ1) is 10.8. The molecule has 0 N–H and O–H groups in total. The Labute approximate surface area is 83.6 Å². The van der Waals surface area contributed by atoms with Crippen molar-refractivity contribution in [1.82, 2.24) is 0 Å². The van der Waals surface area contributed by atoms with Gasteiger partial charge in [0.25, 0.3) is 0 Å². The molecule has 0 aliphatic carbocycles. The molecule has 0 atom stereocenters. The fourth-order valence-corrected chi connectivity index (χ4v) is 552. The maximum atomic E-state index is 2.60. The molecule has 9 heavy (non-hydrogen) atoms. The Morgan fingerprint density at radius 3 is 1.11 bits per heavy atom. The Morgan fingerprint density at radius 2 is 0.889 bits per heavy atom. The Kier molecular flexibility index (Phi) is 6.51. The van der Waals surface area contributed by atoms with E-state index in [1.54, 1.807) is 0 Å². The zero-order chi connectivity index (χ0) is 6.85. The molecule has 0 radical (unpaired) electrons. The predicted molar refractivity (Wildman–Crippen MR) is 57.6 cm³/mol. The average molecular weight is 768 g/mol. The Hall–Kier alpha value is 3.70. The molecule has 1 aliphatic rings. The molecule has 0 bridgehead atoms. The van der Waals surface area contributed by atoms with Crippen LogP contribution in [0.15, 0.2) is 0 Å². The molecule has 1 saturated heterocycles. The summed E-state index contributed by atoms with van der Waals surface area (Å²) >= 11 is -2.33. The van der Waals surface area contributed by atoms with Crippen molar-refractivity contribution >= 4 is 72.3 Å². The van der Waals surface area contributed by atoms with Gasteiger partial charge in [-0.3, -0.25) is 0 Å². The van der Waals surface area contributed by atoms with Crippen LogP contribution in [0.1, 0.15) is 0 Å². The first-order chi connectivity index (χ1) is 4.18. The van der Waals surface area contributed by atoms with Crippen molar-refractivity contribution < 1.29 is 0 Å². The Balaban J connectivity index is 2.34. The van der Waals surface area contributed by atoms with Gasteiger partial charge in [-0.15, -0.1) is 0 Å². The van der Waals surface area contributed by atoms with Crippen molar-refractivity contribution in [2.75, 3.05) is 0 Å². The number of hydrogen-bond donors (Lipinski definition) is 0. The Bertz CT molecular complexity index is 75.3. The van der Waals surface area contributed by atoms with Gasteiger partial charge in [0.15, 0.2) is 0 Å². The van der Waals surface area contributed by atoms with Crippen LogP contribution in [0.25, 0.3) is 0 Å². The fourth-order valence-electron chi connectivity index (χ4n) is 0.530. The number of rotatable bonds is 0. The summed E-state index contributed by atoms with van der Waals surface area (Å²) < 4.78 is 7.80. The molecule has 0 unspecified atom stereocenters. The fraction of sp³-hybridized carbons (Fsp3) is 1.00. The van der Waals surface area contributed by atoms with E-state index in [0.717, 1.165) is 0 Å².